The molecule has 2 aromatic heterocycles. The predicted octanol–water partition coefficient (Wildman–Crippen LogP) is 2.18. The van der Waals surface area contributed by atoms with Gasteiger partial charge in [0.2, 0.25) is 0 Å². The number of piperidine rings is 1. The molecule has 1 fully saturated rings. The Morgan fingerprint density at radius 1 is 1.12 bits per heavy atom. The maximum absolute atomic E-state index is 12.5. The van der Waals surface area contributed by atoms with Gasteiger partial charge < -0.3 is 4.57 Å². The summed E-state index contributed by atoms with van der Waals surface area (Å²) in [6, 6.07) is 0. The van der Waals surface area contributed by atoms with Crippen LogP contribution in [0.1, 0.15) is 52.8 Å². The lowest BCUT2D eigenvalue weighted by molar-refractivity contribution is 0.130. The molecular formula is C19H31N5O2. The van der Waals surface area contributed by atoms with Crippen molar-refractivity contribution < 1.29 is 0 Å². The third kappa shape index (κ3) is 3.63. The largest absolute Gasteiger partial charge is 0.330 e. The molecular weight excluding hydrogens is 330 g/mol. The van der Waals surface area contributed by atoms with Crippen LogP contribution in [0.15, 0.2) is 9.59 Å². The third-order valence-electron chi connectivity index (χ3n) is 5.33. The fourth-order valence-electron chi connectivity index (χ4n) is 4.32. The molecule has 1 N–H and O–H groups in total. The summed E-state index contributed by atoms with van der Waals surface area (Å²) in [4.78, 5) is 34.4. The molecule has 0 saturated carbocycles. The topological polar surface area (TPSA) is 75.9 Å². The van der Waals surface area contributed by atoms with Gasteiger partial charge in [-0.1, -0.05) is 27.2 Å². The Morgan fingerprint density at radius 2 is 1.81 bits per heavy atom. The molecule has 3 heterocycles. The molecule has 0 amide bonds. The number of aryl methyl sites for hydroxylation is 2. The Bertz CT molecular complexity index is 868. The van der Waals surface area contributed by atoms with Crippen LogP contribution in [0.4, 0.5) is 0 Å². The molecule has 0 spiro atoms. The van der Waals surface area contributed by atoms with Gasteiger partial charge in [-0.25, -0.2) is 9.78 Å². The van der Waals surface area contributed by atoms with Crippen molar-refractivity contribution in [1.29, 1.82) is 0 Å². The molecule has 26 heavy (non-hydrogen) atoms. The van der Waals surface area contributed by atoms with Gasteiger partial charge in [0.05, 0.1) is 6.54 Å². The van der Waals surface area contributed by atoms with Crippen LogP contribution in [0, 0.1) is 11.8 Å². The van der Waals surface area contributed by atoms with Crippen molar-refractivity contribution in [3.63, 3.8) is 0 Å². The number of hydrogen-bond donors (Lipinski definition) is 1. The average molecular weight is 361 g/mol. The monoisotopic (exact) mass is 361 g/mol. The summed E-state index contributed by atoms with van der Waals surface area (Å²) in [7, 11) is 0. The van der Waals surface area contributed by atoms with Gasteiger partial charge in [-0.05, 0) is 31.6 Å². The van der Waals surface area contributed by atoms with Crippen LogP contribution in [0.25, 0.3) is 11.2 Å². The quantitative estimate of drug-likeness (QED) is 0.856. The SMILES string of the molecule is CCCCn1c(=O)[nH]c(=O)c2c1nc(CN1C[C@H](C)C[C@H](C)C1)n2CC. The highest BCUT2D eigenvalue weighted by Gasteiger charge is 2.24. The molecule has 0 unspecified atom stereocenters. The highest BCUT2D eigenvalue weighted by molar-refractivity contribution is 5.71. The molecule has 0 radical (unpaired) electrons. The minimum atomic E-state index is -0.358. The van der Waals surface area contributed by atoms with E-state index < -0.39 is 0 Å². The maximum atomic E-state index is 12.5. The van der Waals surface area contributed by atoms with Crippen molar-refractivity contribution in [1.82, 2.24) is 24.0 Å². The van der Waals surface area contributed by atoms with E-state index in [0.29, 0.717) is 36.1 Å². The van der Waals surface area contributed by atoms with E-state index in [1.54, 1.807) is 4.57 Å². The van der Waals surface area contributed by atoms with Crippen LogP contribution in [0.2, 0.25) is 0 Å². The van der Waals surface area contributed by atoms with Crippen LogP contribution in [0.5, 0.6) is 0 Å². The molecule has 1 aliphatic rings. The summed E-state index contributed by atoms with van der Waals surface area (Å²) in [6.07, 6.45) is 3.13. The Labute approximate surface area is 154 Å². The Kier molecular flexibility index (Phi) is 5.65. The smallest absolute Gasteiger partial charge is 0.321 e. The van der Waals surface area contributed by atoms with E-state index in [1.807, 2.05) is 11.5 Å². The zero-order chi connectivity index (χ0) is 18.8. The number of aromatic nitrogens is 4. The zero-order valence-electron chi connectivity index (χ0n) is 16.4. The fourth-order valence-corrected chi connectivity index (χ4v) is 4.32. The lowest BCUT2D eigenvalue weighted by Crippen LogP contribution is -2.38. The number of nitrogens with zero attached hydrogens (tertiary/aromatic N) is 4. The first-order chi connectivity index (χ1) is 12.4. The van der Waals surface area contributed by atoms with Crippen molar-refractivity contribution in [3.05, 3.63) is 26.7 Å². The highest BCUT2D eigenvalue weighted by Crippen LogP contribution is 2.23. The number of nitrogens with one attached hydrogen (secondary N) is 1. The fraction of sp³-hybridized carbons (Fsp3) is 0.737. The first kappa shape index (κ1) is 18.9. The normalized spacial score (nSPS) is 21.5. The van der Waals surface area contributed by atoms with E-state index in [4.69, 9.17) is 4.98 Å². The zero-order valence-corrected chi connectivity index (χ0v) is 16.4. The summed E-state index contributed by atoms with van der Waals surface area (Å²) in [6.45, 7) is 12.8. The number of fused-ring (bicyclic) bond motifs is 1. The van der Waals surface area contributed by atoms with Gasteiger partial charge in [0.1, 0.15) is 5.82 Å². The second-order valence-corrected chi connectivity index (χ2v) is 7.85. The molecule has 0 aliphatic carbocycles. The molecule has 1 aliphatic heterocycles. The molecule has 3 rings (SSSR count). The van der Waals surface area contributed by atoms with Gasteiger partial charge in [-0.2, -0.15) is 0 Å². The number of aromatic amines is 1. The number of likely N-dealkylation sites (tertiary alicyclic amines) is 1. The van der Waals surface area contributed by atoms with E-state index in [-0.39, 0.29) is 11.2 Å². The molecule has 0 bridgehead atoms. The van der Waals surface area contributed by atoms with Crippen LogP contribution < -0.4 is 11.2 Å². The first-order valence-corrected chi connectivity index (χ1v) is 9.89. The van der Waals surface area contributed by atoms with Crippen LogP contribution in [0.3, 0.4) is 0 Å². The highest BCUT2D eigenvalue weighted by atomic mass is 16.2. The van der Waals surface area contributed by atoms with Crippen molar-refractivity contribution in [2.45, 2.75) is 66.6 Å². The number of imidazole rings is 1. The van der Waals surface area contributed by atoms with Crippen molar-refractivity contribution >= 4 is 11.2 Å². The standard InChI is InChI=1S/C19H31N5O2/c1-5-7-8-24-17-16(18(25)21-19(24)26)23(6-2)15(20-17)12-22-10-13(3)9-14(4)11-22/h13-14H,5-12H2,1-4H3,(H,21,25,26)/t13-,14+. The number of rotatable bonds is 6. The van der Waals surface area contributed by atoms with E-state index in [0.717, 1.165) is 38.3 Å². The van der Waals surface area contributed by atoms with Crippen molar-refractivity contribution in [2.75, 3.05) is 13.1 Å². The minimum absolute atomic E-state index is 0.335. The second kappa shape index (κ2) is 7.78. The lowest BCUT2D eigenvalue weighted by atomic mass is 9.92. The summed E-state index contributed by atoms with van der Waals surface area (Å²) >= 11 is 0. The molecule has 2 aromatic rings. The van der Waals surface area contributed by atoms with Gasteiger partial charge in [0.25, 0.3) is 5.56 Å². The van der Waals surface area contributed by atoms with Crippen LogP contribution in [-0.2, 0) is 19.6 Å². The summed E-state index contributed by atoms with van der Waals surface area (Å²) in [5.74, 6) is 2.22. The van der Waals surface area contributed by atoms with Crippen LogP contribution in [-0.4, -0.2) is 37.1 Å². The third-order valence-corrected chi connectivity index (χ3v) is 5.33. The van der Waals surface area contributed by atoms with E-state index >= 15 is 0 Å². The van der Waals surface area contributed by atoms with E-state index in [1.165, 1.54) is 6.42 Å². The van der Waals surface area contributed by atoms with Crippen molar-refractivity contribution in [2.24, 2.45) is 11.8 Å². The minimum Gasteiger partial charge on any atom is -0.321 e. The van der Waals surface area contributed by atoms with Gasteiger partial charge >= 0.3 is 5.69 Å². The molecule has 2 atom stereocenters. The second-order valence-electron chi connectivity index (χ2n) is 7.85. The maximum Gasteiger partial charge on any atom is 0.330 e. The van der Waals surface area contributed by atoms with Gasteiger partial charge in [0, 0.05) is 26.2 Å². The number of unbranched alkanes of at least 4 members (excludes halogenated alkanes) is 1. The summed E-state index contributed by atoms with van der Waals surface area (Å²) < 4.78 is 3.59. The Hall–Kier alpha value is -1.89. The molecule has 1 saturated heterocycles. The first-order valence-electron chi connectivity index (χ1n) is 9.89. The number of H-pyrrole nitrogens is 1. The molecule has 144 valence electrons. The lowest BCUT2D eigenvalue weighted by Gasteiger charge is -2.34. The van der Waals surface area contributed by atoms with Gasteiger partial charge in [-0.15, -0.1) is 0 Å². The Morgan fingerprint density at radius 3 is 2.42 bits per heavy atom. The van der Waals surface area contributed by atoms with Crippen LogP contribution >= 0.6 is 0 Å². The molecule has 7 nitrogen and oxygen atoms in total. The Balaban J connectivity index is 2.04. The summed E-state index contributed by atoms with van der Waals surface area (Å²) in [5, 5.41) is 0. The average Bonchev–Trinajstić information content (AvgIpc) is 2.92. The molecule has 0 aromatic carbocycles. The molecule has 7 heteroatoms. The van der Waals surface area contributed by atoms with Gasteiger partial charge in [-0.3, -0.25) is 19.2 Å². The number of hydrogen-bond acceptors (Lipinski definition) is 4. The van der Waals surface area contributed by atoms with E-state index in [9.17, 15) is 9.59 Å². The van der Waals surface area contributed by atoms with Crippen molar-refractivity contribution in [3.8, 4) is 0 Å². The van der Waals surface area contributed by atoms with E-state index in [2.05, 4.69) is 30.7 Å². The predicted molar refractivity (Wildman–Crippen MR) is 103 cm³/mol. The summed E-state index contributed by atoms with van der Waals surface area (Å²) in [5.41, 5.74) is 0.362. The van der Waals surface area contributed by atoms with Gasteiger partial charge in [0.15, 0.2) is 11.2 Å².